The third-order valence-electron chi connectivity index (χ3n) is 4.24. The van der Waals surface area contributed by atoms with E-state index in [2.05, 4.69) is 16.8 Å². The number of hydrogen-bond acceptors (Lipinski definition) is 4. The number of carbonyl (C=O) groups is 1. The fourth-order valence-electron chi connectivity index (χ4n) is 3.06. The number of likely N-dealkylation sites (tertiary alicyclic amines) is 1. The Balaban J connectivity index is 1.92. The molecule has 0 saturated carbocycles. The molecule has 1 aromatic carbocycles. The van der Waals surface area contributed by atoms with Gasteiger partial charge in [-0.3, -0.25) is 0 Å². The van der Waals surface area contributed by atoms with Crippen molar-refractivity contribution in [1.29, 1.82) is 0 Å². The van der Waals surface area contributed by atoms with E-state index in [9.17, 15) is 9.90 Å². The Labute approximate surface area is 132 Å². The number of carboxylic acids is 1. The highest BCUT2D eigenvalue weighted by Gasteiger charge is 2.26. The highest BCUT2D eigenvalue weighted by Crippen LogP contribution is 2.23. The maximum Gasteiger partial charge on any atom is 0.335 e. The summed E-state index contributed by atoms with van der Waals surface area (Å²) in [5.74, 6) is -0.894. The van der Waals surface area contributed by atoms with Gasteiger partial charge in [-0.15, -0.1) is 0 Å². The molecule has 2 N–H and O–H groups in total. The number of nitrogens with zero attached hydrogens (tertiary/aromatic N) is 2. The number of rotatable bonds is 5. The number of carboxylic acid groups (broad SMARTS) is 1. The average molecular weight is 306 g/mol. The molecule has 1 heterocycles. The van der Waals surface area contributed by atoms with E-state index in [1.165, 1.54) is 0 Å². The Morgan fingerprint density at radius 2 is 1.82 bits per heavy atom. The van der Waals surface area contributed by atoms with E-state index in [0.717, 1.165) is 31.6 Å². The number of piperidine rings is 1. The summed E-state index contributed by atoms with van der Waals surface area (Å²) in [6.45, 7) is 6.35. The first-order valence-corrected chi connectivity index (χ1v) is 7.77. The molecule has 1 aliphatic rings. The van der Waals surface area contributed by atoms with Crippen LogP contribution in [0.1, 0.15) is 37.0 Å². The minimum atomic E-state index is -0.894. The molecule has 0 unspecified atom stereocenters. The number of benzene rings is 1. The van der Waals surface area contributed by atoms with Crippen LogP contribution in [0.2, 0.25) is 0 Å². The number of hydrogen-bond donors (Lipinski definition) is 2. The summed E-state index contributed by atoms with van der Waals surface area (Å²) < 4.78 is 0. The Morgan fingerprint density at radius 3 is 2.27 bits per heavy atom. The molecule has 0 radical (unpaired) electrons. The van der Waals surface area contributed by atoms with Gasteiger partial charge in [0, 0.05) is 38.4 Å². The molecule has 0 aromatic heterocycles. The summed E-state index contributed by atoms with van der Waals surface area (Å²) in [4.78, 5) is 15.4. The van der Waals surface area contributed by atoms with Gasteiger partial charge in [-0.25, -0.2) is 4.79 Å². The van der Waals surface area contributed by atoms with E-state index in [0.29, 0.717) is 18.2 Å². The van der Waals surface area contributed by atoms with Gasteiger partial charge in [0.15, 0.2) is 0 Å². The molecule has 0 amide bonds. The van der Waals surface area contributed by atoms with Crippen LogP contribution in [0.4, 0.5) is 5.69 Å². The third kappa shape index (κ3) is 4.45. The van der Waals surface area contributed by atoms with Gasteiger partial charge in [0.25, 0.3) is 0 Å². The van der Waals surface area contributed by atoms with Crippen LogP contribution in [0.3, 0.4) is 0 Å². The number of β-amino-alcohol motifs (C(OH)–C–C–N with tert-alkyl or cyclic N) is 1. The summed E-state index contributed by atoms with van der Waals surface area (Å²) in [6.07, 6.45) is 2.10. The van der Waals surface area contributed by atoms with Gasteiger partial charge in [0.05, 0.1) is 11.2 Å². The summed E-state index contributed by atoms with van der Waals surface area (Å²) in [5, 5.41) is 18.8. The zero-order valence-corrected chi connectivity index (χ0v) is 13.6. The normalized spacial score (nSPS) is 17.5. The predicted octanol–water partition coefficient (Wildman–Crippen LogP) is 2.06. The SMILES string of the molecule is CN(c1ccc(C(=O)O)cc1)C1CCN(CC(C)(C)O)CC1. The maximum atomic E-state index is 10.9. The van der Waals surface area contributed by atoms with E-state index in [4.69, 9.17) is 5.11 Å². The lowest BCUT2D eigenvalue weighted by Crippen LogP contribution is -2.47. The fraction of sp³-hybridized carbons (Fsp3) is 0.588. The smallest absolute Gasteiger partial charge is 0.335 e. The van der Waals surface area contributed by atoms with Crippen LogP contribution >= 0.6 is 0 Å². The zero-order chi connectivity index (χ0) is 16.3. The molecule has 122 valence electrons. The molecule has 1 fully saturated rings. The molecule has 0 spiro atoms. The molecule has 5 nitrogen and oxygen atoms in total. The van der Waals surface area contributed by atoms with Crippen molar-refractivity contribution in [2.45, 2.75) is 38.3 Å². The van der Waals surface area contributed by atoms with Gasteiger partial charge in [-0.2, -0.15) is 0 Å². The van der Waals surface area contributed by atoms with Crippen molar-refractivity contribution in [1.82, 2.24) is 4.90 Å². The molecule has 1 saturated heterocycles. The van der Waals surface area contributed by atoms with Gasteiger partial charge < -0.3 is 20.0 Å². The van der Waals surface area contributed by atoms with Crippen molar-refractivity contribution in [3.63, 3.8) is 0 Å². The first-order chi connectivity index (χ1) is 10.3. The fourth-order valence-corrected chi connectivity index (χ4v) is 3.06. The number of anilines is 1. The topological polar surface area (TPSA) is 64.0 Å². The van der Waals surface area contributed by atoms with Gasteiger partial charge >= 0.3 is 5.97 Å². The molecule has 5 heteroatoms. The summed E-state index contributed by atoms with van der Waals surface area (Å²) in [7, 11) is 2.06. The lowest BCUT2D eigenvalue weighted by atomic mass is 10.0. The van der Waals surface area contributed by atoms with E-state index in [-0.39, 0.29) is 0 Å². The van der Waals surface area contributed by atoms with Gasteiger partial charge in [-0.05, 0) is 51.0 Å². The van der Waals surface area contributed by atoms with E-state index < -0.39 is 11.6 Å². The van der Waals surface area contributed by atoms with Crippen LogP contribution in [0.5, 0.6) is 0 Å². The molecule has 2 rings (SSSR count). The van der Waals surface area contributed by atoms with Crippen molar-refractivity contribution in [2.24, 2.45) is 0 Å². The van der Waals surface area contributed by atoms with Crippen LogP contribution < -0.4 is 4.90 Å². The molecule has 0 bridgehead atoms. The van der Waals surface area contributed by atoms with Crippen molar-refractivity contribution in [3.8, 4) is 0 Å². The Bertz CT molecular complexity index is 500. The summed E-state index contributed by atoms with van der Waals surface area (Å²) >= 11 is 0. The standard InChI is InChI=1S/C17H26N2O3/c1-17(2,22)12-19-10-8-15(9-11-19)18(3)14-6-4-13(5-7-14)16(20)21/h4-7,15,22H,8-12H2,1-3H3,(H,20,21). The third-order valence-corrected chi connectivity index (χ3v) is 4.24. The van der Waals surface area contributed by atoms with Crippen LogP contribution in [0.15, 0.2) is 24.3 Å². The van der Waals surface area contributed by atoms with E-state index in [1.54, 1.807) is 12.1 Å². The zero-order valence-electron chi connectivity index (χ0n) is 13.6. The predicted molar refractivity (Wildman–Crippen MR) is 87.6 cm³/mol. The van der Waals surface area contributed by atoms with Crippen LogP contribution in [-0.2, 0) is 0 Å². The minimum absolute atomic E-state index is 0.317. The largest absolute Gasteiger partial charge is 0.478 e. The van der Waals surface area contributed by atoms with Gasteiger partial charge in [0.2, 0.25) is 0 Å². The Morgan fingerprint density at radius 1 is 1.27 bits per heavy atom. The first kappa shape index (κ1) is 16.8. The second-order valence-corrected chi connectivity index (χ2v) is 6.78. The van der Waals surface area contributed by atoms with E-state index >= 15 is 0 Å². The molecule has 0 atom stereocenters. The molecule has 1 aromatic rings. The average Bonchev–Trinajstić information content (AvgIpc) is 2.46. The minimum Gasteiger partial charge on any atom is -0.478 e. The van der Waals surface area contributed by atoms with Crippen molar-refractivity contribution < 1.29 is 15.0 Å². The highest BCUT2D eigenvalue weighted by atomic mass is 16.4. The maximum absolute atomic E-state index is 10.9. The van der Waals surface area contributed by atoms with Crippen LogP contribution in [0.25, 0.3) is 0 Å². The molecule has 22 heavy (non-hydrogen) atoms. The lowest BCUT2D eigenvalue weighted by molar-refractivity contribution is 0.0282. The molecule has 0 aliphatic carbocycles. The second-order valence-electron chi connectivity index (χ2n) is 6.78. The lowest BCUT2D eigenvalue weighted by Gasteiger charge is -2.39. The van der Waals surface area contributed by atoms with Gasteiger partial charge in [-0.1, -0.05) is 0 Å². The van der Waals surface area contributed by atoms with Gasteiger partial charge in [0.1, 0.15) is 0 Å². The van der Waals surface area contributed by atoms with Crippen molar-refractivity contribution in [3.05, 3.63) is 29.8 Å². The van der Waals surface area contributed by atoms with Crippen molar-refractivity contribution in [2.75, 3.05) is 31.6 Å². The van der Waals surface area contributed by atoms with Crippen LogP contribution in [0, 0.1) is 0 Å². The summed E-state index contributed by atoms with van der Waals surface area (Å²) in [6, 6.07) is 7.49. The quantitative estimate of drug-likeness (QED) is 0.872. The Kier molecular flexibility index (Phi) is 5.08. The second kappa shape index (κ2) is 6.67. The van der Waals surface area contributed by atoms with Crippen LogP contribution in [-0.4, -0.2) is 59.4 Å². The van der Waals surface area contributed by atoms with E-state index in [1.807, 2.05) is 26.0 Å². The first-order valence-electron chi connectivity index (χ1n) is 7.77. The van der Waals surface area contributed by atoms with Crippen molar-refractivity contribution >= 4 is 11.7 Å². The monoisotopic (exact) mass is 306 g/mol. The molecular weight excluding hydrogens is 280 g/mol. The number of aliphatic hydroxyl groups is 1. The molecular formula is C17H26N2O3. The molecule has 1 aliphatic heterocycles. The highest BCUT2D eigenvalue weighted by molar-refractivity contribution is 5.88. The Hall–Kier alpha value is -1.59. The number of aromatic carboxylic acids is 1. The summed E-state index contributed by atoms with van der Waals surface area (Å²) in [5.41, 5.74) is 0.717.